The summed E-state index contributed by atoms with van der Waals surface area (Å²) < 4.78 is 5.98. The zero-order valence-electron chi connectivity index (χ0n) is 28.3. The summed E-state index contributed by atoms with van der Waals surface area (Å²) in [5.74, 6) is -1.87. The number of rotatable bonds is 21. The largest absolute Gasteiger partial charge is 0.463 e. The minimum Gasteiger partial charge on any atom is -0.463 e. The van der Waals surface area contributed by atoms with E-state index in [9.17, 15) is 19.5 Å². The second-order valence-corrected chi connectivity index (χ2v) is 12.5. The van der Waals surface area contributed by atoms with E-state index < -0.39 is 12.0 Å². The van der Waals surface area contributed by atoms with Gasteiger partial charge in [-0.3, -0.25) is 14.4 Å². The molecule has 3 aromatic carbocycles. The fourth-order valence-electron chi connectivity index (χ4n) is 6.09. The van der Waals surface area contributed by atoms with Crippen LogP contribution in [0.2, 0.25) is 0 Å². The Kier molecular flexibility index (Phi) is 14.9. The smallest absolute Gasteiger partial charge is 0.309 e. The van der Waals surface area contributed by atoms with E-state index in [1.807, 2.05) is 97.2 Å². The molecule has 0 saturated carbocycles. The number of hydrogen-bond donors (Lipinski definition) is 3. The molecule has 0 aliphatic carbocycles. The lowest BCUT2D eigenvalue weighted by Gasteiger charge is -2.26. The number of carbonyl (C=O) groups excluding carboxylic acids is 3. The van der Waals surface area contributed by atoms with Crippen molar-refractivity contribution in [3.63, 3.8) is 0 Å². The van der Waals surface area contributed by atoms with Gasteiger partial charge in [0.2, 0.25) is 11.8 Å². The van der Waals surface area contributed by atoms with Crippen LogP contribution in [0.4, 0.5) is 0 Å². The van der Waals surface area contributed by atoms with Crippen molar-refractivity contribution < 1.29 is 24.2 Å². The lowest BCUT2D eigenvalue weighted by Crippen LogP contribution is -2.45. The maximum absolute atomic E-state index is 13.9. The van der Waals surface area contributed by atoms with Gasteiger partial charge < -0.3 is 25.0 Å². The van der Waals surface area contributed by atoms with E-state index in [0.29, 0.717) is 25.8 Å². The van der Waals surface area contributed by atoms with Crippen LogP contribution in [0.25, 0.3) is 10.9 Å². The van der Waals surface area contributed by atoms with E-state index >= 15 is 0 Å². The number of unbranched alkanes of at least 4 members (excludes halogenated alkanes) is 1. The van der Waals surface area contributed by atoms with E-state index in [0.717, 1.165) is 40.4 Å². The van der Waals surface area contributed by atoms with Crippen molar-refractivity contribution in [1.82, 2.24) is 15.2 Å². The quantitative estimate of drug-likeness (QED) is 0.0532. The monoisotopic (exact) mass is 663 g/mol. The third-order valence-electron chi connectivity index (χ3n) is 8.72. The molecule has 0 aliphatic heterocycles. The topological polar surface area (TPSA) is 112 Å². The molecule has 3 N–H and O–H groups in total. The number of ether oxygens (including phenoxy) is 1. The first-order valence-electron chi connectivity index (χ1n) is 17.1. The summed E-state index contributed by atoms with van der Waals surface area (Å²) in [6.45, 7) is 7.93. The summed E-state index contributed by atoms with van der Waals surface area (Å²) in [5.41, 5.74) is 3.95. The molecule has 8 nitrogen and oxygen atoms in total. The molecule has 0 unspecified atom stereocenters. The van der Waals surface area contributed by atoms with Crippen molar-refractivity contribution in [2.75, 3.05) is 19.8 Å². The standard InChI is InChI=1S/C41H49N3O5/c1-3-5-8-20-34(25-31-16-9-6-10-17-31)41(48)49-30-36(26-35-28-42-38-22-14-13-21-37(35)38)43-40(47)33(15-4-2)27-39(46)44(23-24-45)29-32-18-11-7-12-19-32/h3-4,6-7,9-14,16-19,21-22,28,33-34,36,42,45H,1-2,5,8,15,20,23-27,29-30H2,(H,43,47)/t33-,34-,36+/m1/s1. The highest BCUT2D eigenvalue weighted by molar-refractivity contribution is 5.86. The number of aliphatic hydroxyl groups is 1. The molecule has 0 aliphatic rings. The highest BCUT2D eigenvalue weighted by Gasteiger charge is 2.28. The molecule has 0 bridgehead atoms. The predicted molar refractivity (Wildman–Crippen MR) is 194 cm³/mol. The third kappa shape index (κ3) is 11.6. The zero-order valence-corrected chi connectivity index (χ0v) is 28.3. The summed E-state index contributed by atoms with van der Waals surface area (Å²) in [7, 11) is 0. The van der Waals surface area contributed by atoms with Gasteiger partial charge in [0.25, 0.3) is 0 Å². The predicted octanol–water partition coefficient (Wildman–Crippen LogP) is 6.56. The first kappa shape index (κ1) is 36.9. The molecule has 3 atom stereocenters. The fraction of sp³-hybridized carbons (Fsp3) is 0.341. The number of amides is 2. The van der Waals surface area contributed by atoms with Gasteiger partial charge in [0, 0.05) is 36.6 Å². The van der Waals surface area contributed by atoms with E-state index in [2.05, 4.69) is 23.5 Å². The van der Waals surface area contributed by atoms with Gasteiger partial charge in [0.15, 0.2) is 0 Å². The number of benzene rings is 3. The van der Waals surface area contributed by atoms with E-state index in [-0.39, 0.29) is 56.3 Å². The van der Waals surface area contributed by atoms with Crippen LogP contribution in [0.1, 0.15) is 48.8 Å². The molecule has 0 saturated heterocycles. The normalized spacial score (nSPS) is 12.8. The molecule has 2 amide bonds. The first-order valence-corrected chi connectivity index (χ1v) is 17.1. The average molecular weight is 664 g/mol. The number of aliphatic hydroxyl groups excluding tert-OH is 1. The number of aromatic nitrogens is 1. The van der Waals surface area contributed by atoms with Crippen LogP contribution in [0.5, 0.6) is 0 Å². The van der Waals surface area contributed by atoms with Crippen molar-refractivity contribution in [2.24, 2.45) is 11.8 Å². The maximum Gasteiger partial charge on any atom is 0.309 e. The lowest BCUT2D eigenvalue weighted by molar-refractivity contribution is -0.150. The minimum atomic E-state index is -0.687. The van der Waals surface area contributed by atoms with Crippen LogP contribution in [0.15, 0.2) is 116 Å². The van der Waals surface area contributed by atoms with Crippen molar-refractivity contribution in [3.05, 3.63) is 133 Å². The number of fused-ring (bicyclic) bond motifs is 1. The van der Waals surface area contributed by atoms with Gasteiger partial charge >= 0.3 is 5.97 Å². The highest BCUT2D eigenvalue weighted by atomic mass is 16.5. The van der Waals surface area contributed by atoms with Crippen molar-refractivity contribution in [1.29, 1.82) is 0 Å². The highest BCUT2D eigenvalue weighted by Crippen LogP contribution is 2.22. The van der Waals surface area contributed by atoms with Crippen LogP contribution in [0.3, 0.4) is 0 Å². The molecule has 258 valence electrons. The van der Waals surface area contributed by atoms with E-state index in [1.54, 1.807) is 11.0 Å². The number of nitrogens with zero attached hydrogens (tertiary/aromatic N) is 1. The van der Waals surface area contributed by atoms with E-state index in [1.165, 1.54) is 0 Å². The fourth-order valence-corrected chi connectivity index (χ4v) is 6.09. The van der Waals surface area contributed by atoms with Crippen LogP contribution in [-0.2, 0) is 38.5 Å². The zero-order chi connectivity index (χ0) is 34.8. The number of para-hydroxylation sites is 1. The molecule has 0 fully saturated rings. The molecule has 4 aromatic rings. The van der Waals surface area contributed by atoms with Gasteiger partial charge in [0.05, 0.1) is 24.5 Å². The van der Waals surface area contributed by atoms with Gasteiger partial charge in [-0.25, -0.2) is 0 Å². The first-order chi connectivity index (χ1) is 23.9. The number of carbonyl (C=O) groups is 3. The van der Waals surface area contributed by atoms with Crippen molar-refractivity contribution in [3.8, 4) is 0 Å². The average Bonchev–Trinajstić information content (AvgIpc) is 3.53. The number of H-pyrrole nitrogens is 1. The molecule has 1 heterocycles. The van der Waals surface area contributed by atoms with Gasteiger partial charge in [-0.2, -0.15) is 0 Å². The van der Waals surface area contributed by atoms with Crippen LogP contribution in [0, 0.1) is 11.8 Å². The Labute approximate surface area is 289 Å². The van der Waals surface area contributed by atoms with Crippen LogP contribution < -0.4 is 5.32 Å². The Morgan fingerprint density at radius 2 is 1.57 bits per heavy atom. The molecular formula is C41H49N3O5. The molecule has 4 rings (SSSR count). The number of hydrogen-bond acceptors (Lipinski definition) is 5. The number of nitrogens with one attached hydrogen (secondary N) is 2. The maximum atomic E-state index is 13.9. The van der Waals surface area contributed by atoms with Gasteiger partial charge in [0.1, 0.15) is 6.61 Å². The summed E-state index contributed by atoms with van der Waals surface area (Å²) in [6, 6.07) is 26.8. The summed E-state index contributed by atoms with van der Waals surface area (Å²) in [5, 5.41) is 13.8. The number of esters is 1. The molecular weight excluding hydrogens is 614 g/mol. The third-order valence-corrected chi connectivity index (χ3v) is 8.72. The lowest BCUT2D eigenvalue weighted by atomic mass is 9.94. The molecule has 0 spiro atoms. The molecule has 1 aromatic heterocycles. The Morgan fingerprint density at radius 1 is 0.878 bits per heavy atom. The van der Waals surface area contributed by atoms with Crippen LogP contribution in [-0.4, -0.2) is 58.6 Å². The second kappa shape index (κ2) is 19.8. The minimum absolute atomic E-state index is 0.0176. The summed E-state index contributed by atoms with van der Waals surface area (Å²) in [4.78, 5) is 45.8. The van der Waals surface area contributed by atoms with Gasteiger partial charge in [-0.05, 0) is 61.3 Å². The Morgan fingerprint density at radius 3 is 2.27 bits per heavy atom. The Bertz CT molecular complexity index is 1630. The SMILES string of the molecule is C=CCCC[C@H](Cc1ccccc1)C(=O)OC[C@H](Cc1c[nH]c2ccccc12)NC(=O)[C@H](CC=C)CC(=O)N(CCO)Cc1ccccc1. The Balaban J connectivity index is 1.50. The van der Waals surface area contributed by atoms with Crippen LogP contribution >= 0.6 is 0 Å². The molecule has 0 radical (unpaired) electrons. The van der Waals surface area contributed by atoms with Crippen molar-refractivity contribution in [2.45, 2.75) is 57.5 Å². The van der Waals surface area contributed by atoms with Gasteiger partial charge in [-0.15, -0.1) is 13.2 Å². The second-order valence-electron chi connectivity index (χ2n) is 12.5. The number of aromatic amines is 1. The number of allylic oxidation sites excluding steroid dienone is 2. The van der Waals surface area contributed by atoms with Gasteiger partial charge in [-0.1, -0.05) is 91.0 Å². The Hall–Kier alpha value is -4.95. The van der Waals surface area contributed by atoms with Crippen molar-refractivity contribution >= 4 is 28.7 Å². The summed E-state index contributed by atoms with van der Waals surface area (Å²) >= 11 is 0. The summed E-state index contributed by atoms with van der Waals surface area (Å²) in [6.07, 6.45) is 8.92. The van der Waals surface area contributed by atoms with E-state index in [4.69, 9.17) is 4.74 Å². The molecule has 49 heavy (non-hydrogen) atoms. The molecule has 8 heteroatoms.